The lowest BCUT2D eigenvalue weighted by Gasteiger charge is -2.19. The summed E-state index contributed by atoms with van der Waals surface area (Å²) in [7, 11) is 1.31. The Balaban J connectivity index is 2.43. The minimum absolute atomic E-state index is 0.339. The summed E-state index contributed by atoms with van der Waals surface area (Å²) in [5.74, 6) is -0.0546. The third-order valence-corrected chi connectivity index (χ3v) is 2.30. The van der Waals surface area contributed by atoms with Gasteiger partial charge in [0.15, 0.2) is 0 Å². The van der Waals surface area contributed by atoms with Crippen LogP contribution in [0.25, 0.3) is 0 Å². The predicted octanol–water partition coefficient (Wildman–Crippen LogP) is 1.80. The number of carbonyl (C=O) groups excluding carboxylic acids is 2. The highest BCUT2D eigenvalue weighted by atomic mass is 16.6. The van der Waals surface area contributed by atoms with Crippen molar-refractivity contribution in [3.05, 3.63) is 23.9 Å². The Morgan fingerprint density at radius 3 is 2.62 bits per heavy atom. The molecule has 0 aliphatic carbocycles. The molecular weight excluding hydrogens is 274 g/mol. The van der Waals surface area contributed by atoms with E-state index >= 15 is 0 Å². The topological polar surface area (TPSA) is 89.5 Å². The second-order valence-corrected chi connectivity index (χ2v) is 5.25. The van der Waals surface area contributed by atoms with E-state index < -0.39 is 17.7 Å². The Kier molecular flexibility index (Phi) is 5.95. The normalized spacial score (nSPS) is 10.7. The maximum absolute atomic E-state index is 11.5. The maximum Gasteiger partial charge on any atom is 0.407 e. The first kappa shape index (κ1) is 16.7. The zero-order chi connectivity index (χ0) is 15.9. The molecule has 116 valence electrons. The molecule has 1 amide bonds. The van der Waals surface area contributed by atoms with Gasteiger partial charge in [0.05, 0.1) is 7.11 Å². The molecule has 1 rings (SSSR count). The first-order valence-electron chi connectivity index (χ1n) is 6.57. The fourth-order valence-electron chi connectivity index (χ4n) is 1.48. The monoisotopic (exact) mass is 295 g/mol. The van der Waals surface area contributed by atoms with Gasteiger partial charge in [0.1, 0.15) is 17.0 Å². The van der Waals surface area contributed by atoms with Crippen LogP contribution in [0.4, 0.5) is 10.6 Å². The van der Waals surface area contributed by atoms with E-state index in [0.717, 1.165) is 0 Å². The lowest BCUT2D eigenvalue weighted by molar-refractivity contribution is 0.0528. The zero-order valence-corrected chi connectivity index (χ0v) is 12.7. The molecule has 0 atom stereocenters. The lowest BCUT2D eigenvalue weighted by atomic mass is 10.2. The number of pyridine rings is 1. The molecule has 0 fully saturated rings. The molecule has 0 unspecified atom stereocenters. The Morgan fingerprint density at radius 2 is 2.00 bits per heavy atom. The van der Waals surface area contributed by atoms with Gasteiger partial charge in [-0.2, -0.15) is 0 Å². The molecular formula is C14H21N3O4. The van der Waals surface area contributed by atoms with Gasteiger partial charge in [-0.25, -0.2) is 14.6 Å². The van der Waals surface area contributed by atoms with Crippen LogP contribution in [0, 0.1) is 0 Å². The van der Waals surface area contributed by atoms with Gasteiger partial charge in [0.2, 0.25) is 0 Å². The SMILES string of the molecule is COC(=O)c1cccnc1NCCNC(=O)OC(C)(C)C. The first-order chi connectivity index (χ1) is 9.83. The molecule has 2 N–H and O–H groups in total. The highest BCUT2D eigenvalue weighted by Crippen LogP contribution is 2.12. The number of aromatic nitrogens is 1. The first-order valence-corrected chi connectivity index (χ1v) is 6.57. The van der Waals surface area contributed by atoms with E-state index in [1.165, 1.54) is 7.11 Å². The molecule has 7 nitrogen and oxygen atoms in total. The number of esters is 1. The minimum atomic E-state index is -0.531. The summed E-state index contributed by atoms with van der Waals surface area (Å²) in [6, 6.07) is 3.26. The van der Waals surface area contributed by atoms with E-state index in [-0.39, 0.29) is 0 Å². The highest BCUT2D eigenvalue weighted by Gasteiger charge is 2.16. The van der Waals surface area contributed by atoms with E-state index in [9.17, 15) is 9.59 Å². The summed E-state index contributed by atoms with van der Waals surface area (Å²) in [5, 5.41) is 5.57. The van der Waals surface area contributed by atoms with Crippen LogP contribution >= 0.6 is 0 Å². The number of ether oxygens (including phenoxy) is 2. The van der Waals surface area contributed by atoms with Crippen molar-refractivity contribution in [2.24, 2.45) is 0 Å². The van der Waals surface area contributed by atoms with Crippen LogP contribution in [0.1, 0.15) is 31.1 Å². The van der Waals surface area contributed by atoms with E-state index in [1.807, 2.05) is 0 Å². The van der Waals surface area contributed by atoms with Gasteiger partial charge >= 0.3 is 12.1 Å². The van der Waals surface area contributed by atoms with Crippen molar-refractivity contribution < 1.29 is 19.1 Å². The number of hydrogen-bond donors (Lipinski definition) is 2. The molecule has 7 heteroatoms. The van der Waals surface area contributed by atoms with Crippen LogP contribution in [0.5, 0.6) is 0 Å². The van der Waals surface area contributed by atoms with Gasteiger partial charge in [0.25, 0.3) is 0 Å². The molecule has 0 spiro atoms. The lowest BCUT2D eigenvalue weighted by Crippen LogP contribution is -2.35. The fraction of sp³-hybridized carbons (Fsp3) is 0.500. The quantitative estimate of drug-likeness (QED) is 0.636. The number of rotatable bonds is 5. The number of nitrogens with one attached hydrogen (secondary N) is 2. The van der Waals surface area contributed by atoms with Crippen molar-refractivity contribution in [1.82, 2.24) is 10.3 Å². The van der Waals surface area contributed by atoms with Crippen molar-refractivity contribution in [3.8, 4) is 0 Å². The predicted molar refractivity (Wildman–Crippen MR) is 78.3 cm³/mol. The van der Waals surface area contributed by atoms with Crippen molar-refractivity contribution in [3.63, 3.8) is 0 Å². The molecule has 0 bridgehead atoms. The molecule has 0 aliphatic rings. The number of amides is 1. The van der Waals surface area contributed by atoms with Crippen LogP contribution in [-0.4, -0.2) is 42.8 Å². The van der Waals surface area contributed by atoms with Crippen molar-refractivity contribution in [2.45, 2.75) is 26.4 Å². The Labute approximate surface area is 124 Å². The summed E-state index contributed by atoms with van der Waals surface area (Å²) in [6.07, 6.45) is 1.08. The largest absolute Gasteiger partial charge is 0.465 e. The molecule has 0 radical (unpaired) electrons. The van der Waals surface area contributed by atoms with Crippen LogP contribution in [0.3, 0.4) is 0 Å². The highest BCUT2D eigenvalue weighted by molar-refractivity contribution is 5.94. The average molecular weight is 295 g/mol. The fourth-order valence-corrected chi connectivity index (χ4v) is 1.48. The zero-order valence-electron chi connectivity index (χ0n) is 12.7. The summed E-state index contributed by atoms with van der Waals surface area (Å²) in [4.78, 5) is 27.0. The van der Waals surface area contributed by atoms with Crippen molar-refractivity contribution in [1.29, 1.82) is 0 Å². The Morgan fingerprint density at radius 1 is 1.29 bits per heavy atom. The third kappa shape index (κ3) is 6.11. The van der Waals surface area contributed by atoms with Gasteiger partial charge in [-0.05, 0) is 32.9 Å². The second-order valence-electron chi connectivity index (χ2n) is 5.25. The molecule has 0 saturated carbocycles. The van der Waals surface area contributed by atoms with Crippen molar-refractivity contribution in [2.75, 3.05) is 25.5 Å². The van der Waals surface area contributed by atoms with E-state index in [2.05, 4.69) is 20.4 Å². The number of carbonyl (C=O) groups is 2. The molecule has 0 aliphatic heterocycles. The van der Waals surface area contributed by atoms with Gasteiger partial charge in [-0.15, -0.1) is 0 Å². The number of alkyl carbamates (subject to hydrolysis) is 1. The van der Waals surface area contributed by atoms with Crippen LogP contribution in [-0.2, 0) is 9.47 Å². The molecule has 1 aromatic rings. The van der Waals surface area contributed by atoms with Gasteiger partial charge in [-0.3, -0.25) is 0 Å². The summed E-state index contributed by atoms with van der Waals surface area (Å²) in [6.45, 7) is 6.12. The summed E-state index contributed by atoms with van der Waals surface area (Å²) >= 11 is 0. The number of hydrogen-bond acceptors (Lipinski definition) is 6. The molecule has 21 heavy (non-hydrogen) atoms. The van der Waals surface area contributed by atoms with Crippen LogP contribution in [0.15, 0.2) is 18.3 Å². The van der Waals surface area contributed by atoms with Gasteiger partial charge < -0.3 is 20.1 Å². The number of anilines is 1. The minimum Gasteiger partial charge on any atom is -0.465 e. The van der Waals surface area contributed by atoms with Crippen LogP contribution < -0.4 is 10.6 Å². The molecule has 1 heterocycles. The van der Waals surface area contributed by atoms with E-state index in [0.29, 0.717) is 24.5 Å². The Hall–Kier alpha value is -2.31. The maximum atomic E-state index is 11.5. The van der Waals surface area contributed by atoms with Crippen molar-refractivity contribution >= 4 is 17.9 Å². The Bertz CT molecular complexity index is 497. The molecule has 0 aromatic carbocycles. The second kappa shape index (κ2) is 7.47. The van der Waals surface area contributed by atoms with Crippen LogP contribution in [0.2, 0.25) is 0 Å². The molecule has 1 aromatic heterocycles. The smallest absolute Gasteiger partial charge is 0.407 e. The van der Waals surface area contributed by atoms with E-state index in [4.69, 9.17) is 4.74 Å². The summed E-state index contributed by atoms with van der Waals surface area (Å²) < 4.78 is 9.77. The molecule has 0 saturated heterocycles. The van der Waals surface area contributed by atoms with Gasteiger partial charge in [-0.1, -0.05) is 0 Å². The third-order valence-electron chi connectivity index (χ3n) is 2.30. The average Bonchev–Trinajstić information content (AvgIpc) is 2.41. The number of methoxy groups -OCH3 is 1. The summed E-state index contributed by atoms with van der Waals surface area (Å²) in [5.41, 5.74) is -0.187. The van der Waals surface area contributed by atoms with Gasteiger partial charge in [0, 0.05) is 19.3 Å². The van der Waals surface area contributed by atoms with E-state index in [1.54, 1.807) is 39.1 Å². The standard InChI is InChI=1S/C14H21N3O4/c1-14(2,3)21-13(19)17-9-8-16-11-10(12(18)20-4)6-5-7-15-11/h5-7H,8-9H2,1-4H3,(H,15,16)(H,17,19). The number of nitrogens with zero attached hydrogens (tertiary/aromatic N) is 1.